The molecular formula is C8H7N3. The van der Waals surface area contributed by atoms with Crippen molar-refractivity contribution in [2.45, 2.75) is 0 Å². The van der Waals surface area contributed by atoms with E-state index in [9.17, 15) is 0 Å². The van der Waals surface area contributed by atoms with Crippen molar-refractivity contribution in [2.75, 3.05) is 0 Å². The van der Waals surface area contributed by atoms with Crippen LogP contribution < -0.4 is 5.32 Å². The molecule has 0 aliphatic carbocycles. The number of rotatable bonds is 0. The van der Waals surface area contributed by atoms with Crippen molar-refractivity contribution < 1.29 is 0 Å². The summed E-state index contributed by atoms with van der Waals surface area (Å²) in [6.45, 7) is 0. The Morgan fingerprint density at radius 1 is 0.909 bits per heavy atom. The molecule has 1 aromatic rings. The first-order chi connectivity index (χ1) is 5.47. The highest BCUT2D eigenvalue weighted by Gasteiger charge is 1.98. The van der Waals surface area contributed by atoms with Gasteiger partial charge in [-0.2, -0.15) is 0 Å². The predicted molar refractivity (Wildman–Crippen MR) is 43.2 cm³/mol. The first-order valence-corrected chi connectivity index (χ1v) is 3.37. The largest absolute Gasteiger partial charge is 0.367 e. The van der Waals surface area contributed by atoms with E-state index in [0.717, 1.165) is 11.4 Å². The van der Waals surface area contributed by atoms with Crippen molar-refractivity contribution in [3.63, 3.8) is 0 Å². The topological polar surface area (TPSA) is 37.8 Å². The van der Waals surface area contributed by atoms with E-state index in [1.807, 2.05) is 24.6 Å². The van der Waals surface area contributed by atoms with Crippen molar-refractivity contribution in [1.29, 1.82) is 0 Å². The maximum absolute atomic E-state index is 4.14. The van der Waals surface area contributed by atoms with E-state index in [1.54, 1.807) is 12.4 Å². The van der Waals surface area contributed by atoms with E-state index < -0.39 is 0 Å². The van der Waals surface area contributed by atoms with Crippen LogP contribution in [0.15, 0.2) is 24.8 Å². The molecular weight excluding hydrogens is 138 g/mol. The summed E-state index contributed by atoms with van der Waals surface area (Å²) in [6, 6.07) is 0. The molecule has 0 unspecified atom stereocenters. The molecule has 11 heavy (non-hydrogen) atoms. The lowest BCUT2D eigenvalue weighted by Crippen LogP contribution is -1.87. The van der Waals surface area contributed by atoms with Crippen LogP contribution in [0.1, 0.15) is 11.4 Å². The highest BCUT2D eigenvalue weighted by molar-refractivity contribution is 5.60. The molecule has 2 rings (SSSR count). The van der Waals surface area contributed by atoms with Crippen molar-refractivity contribution in [2.24, 2.45) is 0 Å². The Morgan fingerprint density at radius 3 is 2.00 bits per heavy atom. The Bertz CT molecular complexity index is 284. The summed E-state index contributed by atoms with van der Waals surface area (Å²) in [5.74, 6) is 0. The molecule has 1 aromatic heterocycles. The van der Waals surface area contributed by atoms with Crippen molar-refractivity contribution >= 4 is 12.2 Å². The van der Waals surface area contributed by atoms with Gasteiger partial charge in [-0.05, 0) is 12.2 Å². The molecule has 2 heterocycles. The van der Waals surface area contributed by atoms with Gasteiger partial charge in [0.15, 0.2) is 0 Å². The van der Waals surface area contributed by atoms with E-state index >= 15 is 0 Å². The van der Waals surface area contributed by atoms with Crippen molar-refractivity contribution in [3.05, 3.63) is 36.2 Å². The van der Waals surface area contributed by atoms with Crippen LogP contribution in [-0.4, -0.2) is 9.97 Å². The van der Waals surface area contributed by atoms with Gasteiger partial charge in [0.1, 0.15) is 0 Å². The van der Waals surface area contributed by atoms with Gasteiger partial charge in [0.25, 0.3) is 0 Å². The lowest BCUT2D eigenvalue weighted by molar-refractivity contribution is 1.16. The predicted octanol–water partition coefficient (Wildman–Crippen LogP) is 1.02. The van der Waals surface area contributed by atoms with E-state index in [1.165, 1.54) is 0 Å². The number of nitrogens with one attached hydrogen (secondary N) is 1. The van der Waals surface area contributed by atoms with Gasteiger partial charge in [0.2, 0.25) is 0 Å². The van der Waals surface area contributed by atoms with Gasteiger partial charge in [0, 0.05) is 24.8 Å². The third-order valence-corrected chi connectivity index (χ3v) is 1.43. The summed E-state index contributed by atoms with van der Waals surface area (Å²) >= 11 is 0. The lowest BCUT2D eigenvalue weighted by Gasteiger charge is -1.93. The van der Waals surface area contributed by atoms with Gasteiger partial charge in [-0.25, -0.2) is 0 Å². The van der Waals surface area contributed by atoms with E-state index in [-0.39, 0.29) is 0 Å². The normalized spacial score (nSPS) is 13.5. The molecule has 3 heteroatoms. The molecule has 0 saturated heterocycles. The summed E-state index contributed by atoms with van der Waals surface area (Å²) in [4.78, 5) is 8.28. The molecule has 1 N–H and O–H groups in total. The smallest absolute Gasteiger partial charge is 0.0901 e. The average Bonchev–Trinajstić information content (AvgIpc) is 2.28. The Morgan fingerprint density at radius 2 is 1.45 bits per heavy atom. The van der Waals surface area contributed by atoms with Gasteiger partial charge in [-0.15, -0.1) is 0 Å². The second-order valence-corrected chi connectivity index (χ2v) is 2.16. The minimum absolute atomic E-state index is 0.897. The molecule has 0 fully saturated rings. The van der Waals surface area contributed by atoms with Gasteiger partial charge >= 0.3 is 0 Å². The first-order valence-electron chi connectivity index (χ1n) is 3.37. The SMILES string of the molecule is C1=Cc2nccnc2C=CN1. The fourth-order valence-corrected chi connectivity index (χ4v) is 0.926. The second-order valence-electron chi connectivity index (χ2n) is 2.16. The van der Waals surface area contributed by atoms with Crippen LogP contribution in [0, 0.1) is 0 Å². The summed E-state index contributed by atoms with van der Waals surface area (Å²) in [7, 11) is 0. The van der Waals surface area contributed by atoms with Crippen molar-refractivity contribution in [1.82, 2.24) is 15.3 Å². The first kappa shape index (κ1) is 6.09. The molecule has 3 nitrogen and oxygen atoms in total. The quantitative estimate of drug-likeness (QED) is 0.592. The highest BCUT2D eigenvalue weighted by atomic mass is 14.8. The third-order valence-electron chi connectivity index (χ3n) is 1.43. The van der Waals surface area contributed by atoms with Crippen LogP contribution in [0.2, 0.25) is 0 Å². The van der Waals surface area contributed by atoms with Crippen LogP contribution >= 0.6 is 0 Å². The minimum atomic E-state index is 0.897. The average molecular weight is 145 g/mol. The lowest BCUT2D eigenvalue weighted by atomic mass is 10.3. The van der Waals surface area contributed by atoms with Gasteiger partial charge in [-0.3, -0.25) is 9.97 Å². The zero-order chi connectivity index (χ0) is 7.52. The van der Waals surface area contributed by atoms with Crippen LogP contribution in [0.3, 0.4) is 0 Å². The van der Waals surface area contributed by atoms with Gasteiger partial charge < -0.3 is 5.32 Å². The number of hydrogen-bond acceptors (Lipinski definition) is 3. The van der Waals surface area contributed by atoms with E-state index in [0.29, 0.717) is 0 Å². The maximum Gasteiger partial charge on any atom is 0.0901 e. The Hall–Kier alpha value is -1.64. The molecule has 0 radical (unpaired) electrons. The third kappa shape index (κ3) is 1.12. The molecule has 0 atom stereocenters. The van der Waals surface area contributed by atoms with Crippen molar-refractivity contribution in [3.8, 4) is 0 Å². The van der Waals surface area contributed by atoms with Crippen LogP contribution in [0.25, 0.3) is 12.2 Å². The van der Waals surface area contributed by atoms with Gasteiger partial charge in [-0.1, -0.05) is 0 Å². The minimum Gasteiger partial charge on any atom is -0.367 e. The summed E-state index contributed by atoms with van der Waals surface area (Å²) in [5, 5.41) is 2.95. The highest BCUT2D eigenvalue weighted by Crippen LogP contribution is 2.06. The van der Waals surface area contributed by atoms with Crippen LogP contribution in [-0.2, 0) is 0 Å². The van der Waals surface area contributed by atoms with E-state index in [4.69, 9.17) is 0 Å². The van der Waals surface area contributed by atoms with Gasteiger partial charge in [0.05, 0.1) is 11.4 Å². The summed E-state index contributed by atoms with van der Waals surface area (Å²) < 4.78 is 0. The fourth-order valence-electron chi connectivity index (χ4n) is 0.926. The molecule has 0 saturated carbocycles. The maximum atomic E-state index is 4.14. The molecule has 0 spiro atoms. The molecule has 1 aliphatic rings. The molecule has 0 bridgehead atoms. The molecule has 0 amide bonds. The number of fused-ring (bicyclic) bond motifs is 1. The standard InChI is InChI=1S/C8H7N3/c1-3-9-4-2-8-7(1)10-5-6-11-8/h1-6,9H. The summed E-state index contributed by atoms with van der Waals surface area (Å²) in [6.07, 6.45) is 10.8. The fraction of sp³-hybridized carbons (Fsp3) is 0. The van der Waals surface area contributed by atoms with Crippen LogP contribution in [0.4, 0.5) is 0 Å². The molecule has 1 aliphatic heterocycles. The zero-order valence-electron chi connectivity index (χ0n) is 5.86. The number of hydrogen-bond donors (Lipinski definition) is 1. The molecule has 0 aromatic carbocycles. The van der Waals surface area contributed by atoms with E-state index in [2.05, 4.69) is 15.3 Å². The number of nitrogens with zero attached hydrogens (tertiary/aromatic N) is 2. The zero-order valence-corrected chi connectivity index (χ0v) is 5.86. The monoisotopic (exact) mass is 145 g/mol. The Kier molecular flexibility index (Phi) is 1.41. The second kappa shape index (κ2) is 2.54. The molecule has 54 valence electrons. The summed E-state index contributed by atoms with van der Waals surface area (Å²) in [5.41, 5.74) is 1.79. The number of aromatic nitrogens is 2. The Balaban J connectivity index is 2.58. The van der Waals surface area contributed by atoms with Crippen LogP contribution in [0.5, 0.6) is 0 Å². The Labute approximate surface area is 64.5 Å².